The molecule has 11 aromatic carbocycles. The first-order chi connectivity index (χ1) is 34.7. The highest BCUT2D eigenvalue weighted by Gasteiger charge is 2.51. The first-order valence-corrected chi connectivity index (χ1v) is 24.8. The Bertz CT molecular complexity index is 3950. The van der Waals surface area contributed by atoms with Crippen LogP contribution < -0.4 is 9.64 Å². The number of hydrogen-bond donors (Lipinski definition) is 0. The van der Waals surface area contributed by atoms with Crippen LogP contribution in [0.2, 0.25) is 0 Å². The molecular weight excluding hydrogens is 867 g/mol. The predicted molar refractivity (Wildman–Crippen MR) is 293 cm³/mol. The topological polar surface area (TPSA) is 12.5 Å². The van der Waals surface area contributed by atoms with Gasteiger partial charge < -0.3 is 9.64 Å². The summed E-state index contributed by atoms with van der Waals surface area (Å²) in [6, 6.07) is 95.5. The molecular formula is C67H43NOS. The van der Waals surface area contributed by atoms with Crippen LogP contribution in [0.5, 0.6) is 11.5 Å². The van der Waals surface area contributed by atoms with Crippen LogP contribution in [-0.2, 0) is 5.41 Å². The van der Waals surface area contributed by atoms with E-state index >= 15 is 0 Å². The number of hydrogen-bond acceptors (Lipinski definition) is 3. The van der Waals surface area contributed by atoms with Crippen LogP contribution in [0.25, 0.3) is 75.8 Å². The third-order valence-corrected chi connectivity index (χ3v) is 15.7. The third-order valence-electron chi connectivity index (χ3n) is 14.6. The van der Waals surface area contributed by atoms with Gasteiger partial charge in [-0.25, -0.2) is 0 Å². The van der Waals surface area contributed by atoms with Crippen LogP contribution in [0.3, 0.4) is 0 Å². The number of para-hydroxylation sites is 3. The summed E-state index contributed by atoms with van der Waals surface area (Å²) in [5.74, 6) is 1.78. The van der Waals surface area contributed by atoms with Gasteiger partial charge in [0, 0.05) is 48.2 Å². The largest absolute Gasteiger partial charge is 0.457 e. The van der Waals surface area contributed by atoms with Crippen LogP contribution in [0.1, 0.15) is 22.3 Å². The zero-order valence-corrected chi connectivity index (χ0v) is 38.9. The zero-order chi connectivity index (χ0) is 46.2. The van der Waals surface area contributed by atoms with E-state index in [1.807, 2.05) is 11.3 Å². The molecule has 1 aliphatic heterocycles. The summed E-state index contributed by atoms with van der Waals surface area (Å²) in [7, 11) is 0. The Morgan fingerprint density at radius 1 is 0.300 bits per heavy atom. The van der Waals surface area contributed by atoms with E-state index in [9.17, 15) is 0 Å². The molecule has 0 amide bonds. The van der Waals surface area contributed by atoms with Gasteiger partial charge in [-0.1, -0.05) is 200 Å². The first-order valence-electron chi connectivity index (χ1n) is 24.0. The quantitative estimate of drug-likeness (QED) is 0.158. The number of benzene rings is 11. The molecule has 0 saturated carbocycles. The number of nitrogens with zero attached hydrogens (tertiary/aromatic N) is 1. The number of ether oxygens (including phenoxy) is 1. The van der Waals surface area contributed by atoms with Gasteiger partial charge in [0.1, 0.15) is 11.5 Å². The Hall–Kier alpha value is -8.76. The van der Waals surface area contributed by atoms with E-state index in [0.717, 1.165) is 45.3 Å². The van der Waals surface area contributed by atoms with Gasteiger partial charge in [-0.2, -0.15) is 0 Å². The lowest BCUT2D eigenvalue weighted by Gasteiger charge is -2.39. The van der Waals surface area contributed by atoms with E-state index in [0.29, 0.717) is 0 Å². The Morgan fingerprint density at radius 3 is 1.56 bits per heavy atom. The lowest BCUT2D eigenvalue weighted by molar-refractivity contribution is 0.436. The monoisotopic (exact) mass is 909 g/mol. The molecule has 0 unspecified atom stereocenters. The Balaban J connectivity index is 0.976. The number of anilines is 3. The van der Waals surface area contributed by atoms with Crippen molar-refractivity contribution in [3.63, 3.8) is 0 Å². The van der Waals surface area contributed by atoms with E-state index in [2.05, 4.69) is 266 Å². The smallest absolute Gasteiger partial charge is 0.132 e. The second-order valence-corrected chi connectivity index (χ2v) is 19.4. The first kappa shape index (κ1) is 40.3. The molecule has 0 radical (unpaired) electrons. The molecule has 2 nitrogen and oxygen atoms in total. The summed E-state index contributed by atoms with van der Waals surface area (Å²) in [4.78, 5) is 2.47. The van der Waals surface area contributed by atoms with Gasteiger partial charge in [0.25, 0.3) is 0 Å². The SMILES string of the molecule is c1ccc(-c2ccccc2-c2ccccc2-c2ccccc2N(c2ccc(-c3ccc4sc5ccccc5c4c3)cc2)c2ccc3c(c2)-c2ccccc2C32c3ccccc3Oc3ccccc32)cc1. The molecule has 2 heterocycles. The normalized spacial score (nSPS) is 12.8. The Kier molecular flexibility index (Phi) is 9.33. The standard InChI is InChI=1S/C67H43NOS/c1-2-18-45(19-3-1)49-20-4-5-21-50(49)51-22-6-7-23-52(51)54-25-9-14-30-62(54)68(47-37-34-44(35-38-47)46-36-41-66-57(42-46)55-26-10-17-33-65(55)70-66)48-39-40-59-56(43-48)53-24-8-11-27-58(53)67(59)60-28-12-15-31-63(60)69-64-32-16-13-29-61(64)67/h1-43H. The summed E-state index contributed by atoms with van der Waals surface area (Å²) in [5, 5.41) is 2.61. The minimum absolute atomic E-state index is 0.555. The molecule has 1 aliphatic carbocycles. The van der Waals surface area contributed by atoms with Crippen molar-refractivity contribution in [2.75, 3.05) is 4.90 Å². The van der Waals surface area contributed by atoms with Crippen LogP contribution in [0.15, 0.2) is 261 Å². The van der Waals surface area contributed by atoms with E-state index in [-0.39, 0.29) is 0 Å². The summed E-state index contributed by atoms with van der Waals surface area (Å²) in [6.45, 7) is 0. The average Bonchev–Trinajstić information content (AvgIpc) is 3.95. The fourth-order valence-corrected chi connectivity index (χ4v) is 12.6. The highest BCUT2D eigenvalue weighted by Crippen LogP contribution is 2.62. The minimum atomic E-state index is -0.555. The molecule has 14 rings (SSSR count). The fraction of sp³-hybridized carbons (Fsp3) is 0.0149. The molecule has 0 N–H and O–H groups in total. The van der Waals surface area contributed by atoms with Crippen LogP contribution >= 0.6 is 11.3 Å². The van der Waals surface area contributed by atoms with E-state index < -0.39 is 5.41 Å². The molecule has 0 bridgehead atoms. The maximum atomic E-state index is 6.67. The Labute approximate surface area is 411 Å². The number of fused-ring (bicyclic) bond motifs is 12. The average molecular weight is 910 g/mol. The van der Waals surface area contributed by atoms with Gasteiger partial charge >= 0.3 is 0 Å². The van der Waals surface area contributed by atoms with E-state index in [1.165, 1.54) is 81.4 Å². The molecule has 70 heavy (non-hydrogen) atoms. The maximum Gasteiger partial charge on any atom is 0.132 e. The summed E-state index contributed by atoms with van der Waals surface area (Å²) in [6.07, 6.45) is 0. The molecule has 0 fully saturated rings. The maximum absolute atomic E-state index is 6.67. The van der Waals surface area contributed by atoms with Crippen LogP contribution in [0.4, 0.5) is 17.1 Å². The predicted octanol–water partition coefficient (Wildman–Crippen LogP) is 18.7. The summed E-state index contributed by atoms with van der Waals surface area (Å²) >= 11 is 1.86. The van der Waals surface area contributed by atoms with Crippen molar-refractivity contribution in [3.05, 3.63) is 283 Å². The summed E-state index contributed by atoms with van der Waals surface area (Å²) in [5.41, 5.74) is 19.4. The molecule has 12 aromatic rings. The van der Waals surface area contributed by atoms with Gasteiger partial charge in [0.05, 0.1) is 11.1 Å². The van der Waals surface area contributed by atoms with E-state index in [4.69, 9.17) is 4.74 Å². The van der Waals surface area contributed by atoms with Crippen molar-refractivity contribution in [2.45, 2.75) is 5.41 Å². The molecule has 328 valence electrons. The zero-order valence-electron chi connectivity index (χ0n) is 38.1. The van der Waals surface area contributed by atoms with Crippen molar-refractivity contribution >= 4 is 48.6 Å². The molecule has 3 heteroatoms. The van der Waals surface area contributed by atoms with Gasteiger partial charge in [-0.15, -0.1) is 11.3 Å². The Morgan fingerprint density at radius 2 is 0.814 bits per heavy atom. The van der Waals surface area contributed by atoms with Crippen molar-refractivity contribution in [1.29, 1.82) is 0 Å². The molecule has 0 atom stereocenters. The van der Waals surface area contributed by atoms with Gasteiger partial charge in [-0.05, 0) is 122 Å². The highest BCUT2D eigenvalue weighted by atomic mass is 32.1. The van der Waals surface area contributed by atoms with Gasteiger partial charge in [-0.3, -0.25) is 0 Å². The minimum Gasteiger partial charge on any atom is -0.457 e. The second kappa shape index (κ2) is 16.2. The van der Waals surface area contributed by atoms with Crippen molar-refractivity contribution in [3.8, 4) is 67.1 Å². The molecule has 1 spiro atoms. The van der Waals surface area contributed by atoms with Crippen LogP contribution in [0, 0.1) is 0 Å². The lowest BCUT2D eigenvalue weighted by atomic mass is 9.66. The van der Waals surface area contributed by atoms with Crippen molar-refractivity contribution in [2.24, 2.45) is 0 Å². The number of rotatable bonds is 7. The second-order valence-electron chi connectivity index (χ2n) is 18.3. The van der Waals surface area contributed by atoms with Gasteiger partial charge in [0.15, 0.2) is 0 Å². The molecule has 1 aromatic heterocycles. The van der Waals surface area contributed by atoms with Gasteiger partial charge in [0.2, 0.25) is 0 Å². The number of thiophene rings is 1. The summed E-state index contributed by atoms with van der Waals surface area (Å²) < 4.78 is 9.30. The molecule has 0 saturated heterocycles. The lowest BCUT2D eigenvalue weighted by Crippen LogP contribution is -2.32. The van der Waals surface area contributed by atoms with E-state index in [1.54, 1.807) is 0 Å². The third kappa shape index (κ3) is 6.19. The van der Waals surface area contributed by atoms with Crippen molar-refractivity contribution in [1.82, 2.24) is 0 Å². The molecule has 2 aliphatic rings. The highest BCUT2D eigenvalue weighted by molar-refractivity contribution is 7.25. The fourth-order valence-electron chi connectivity index (χ4n) is 11.6. The van der Waals surface area contributed by atoms with Crippen molar-refractivity contribution < 1.29 is 4.74 Å². The van der Waals surface area contributed by atoms with Crippen LogP contribution in [-0.4, -0.2) is 0 Å².